The van der Waals surface area contributed by atoms with E-state index in [1.807, 2.05) is 43.3 Å². The minimum absolute atomic E-state index is 0.0103. The second-order valence-corrected chi connectivity index (χ2v) is 10.1. The summed E-state index contributed by atoms with van der Waals surface area (Å²) in [5.41, 5.74) is 14.4. The lowest BCUT2D eigenvalue weighted by atomic mass is 9.84. The maximum Gasteiger partial charge on any atom is 0.304 e. The number of rotatable bonds is 7. The minimum Gasteiger partial charge on any atom is -0.489 e. The van der Waals surface area contributed by atoms with Crippen LogP contribution in [0.4, 0.5) is 11.4 Å². The number of aryl methyl sites for hydroxylation is 1. The number of carboxylic acids is 1. The summed E-state index contributed by atoms with van der Waals surface area (Å²) in [6, 6.07) is 15.8. The lowest BCUT2D eigenvalue weighted by Gasteiger charge is -2.25. The van der Waals surface area contributed by atoms with Crippen molar-refractivity contribution in [1.82, 2.24) is 4.90 Å². The summed E-state index contributed by atoms with van der Waals surface area (Å²) >= 11 is 0. The van der Waals surface area contributed by atoms with E-state index in [0.29, 0.717) is 16.8 Å². The summed E-state index contributed by atoms with van der Waals surface area (Å²) in [6.07, 6.45) is -0.0274. The molecule has 192 valence electrons. The quantitative estimate of drug-likeness (QED) is 0.199. The second-order valence-electron chi connectivity index (χ2n) is 10.1. The van der Waals surface area contributed by atoms with E-state index < -0.39 is 5.97 Å². The van der Waals surface area contributed by atoms with Gasteiger partial charge in [0.15, 0.2) is 0 Å². The molecule has 8 heteroatoms. The number of ether oxygens (including phenoxy) is 1. The molecule has 0 saturated carbocycles. The Labute approximate surface area is 220 Å². The van der Waals surface area contributed by atoms with Gasteiger partial charge in [0.2, 0.25) is 0 Å². The minimum atomic E-state index is -0.862. The van der Waals surface area contributed by atoms with E-state index in [9.17, 15) is 9.90 Å². The molecule has 0 aliphatic carbocycles. The third-order valence-electron chi connectivity index (χ3n) is 7.17. The first-order valence-corrected chi connectivity index (χ1v) is 12.5. The van der Waals surface area contributed by atoms with Gasteiger partial charge in [-0.2, -0.15) is 0 Å². The van der Waals surface area contributed by atoms with Crippen LogP contribution in [0.15, 0.2) is 48.5 Å². The van der Waals surface area contributed by atoms with Crippen molar-refractivity contribution < 1.29 is 14.6 Å². The fourth-order valence-corrected chi connectivity index (χ4v) is 5.17. The van der Waals surface area contributed by atoms with Crippen molar-refractivity contribution in [3.8, 4) is 5.75 Å². The van der Waals surface area contributed by atoms with Crippen LogP contribution in [0.2, 0.25) is 0 Å². The van der Waals surface area contributed by atoms with Crippen molar-refractivity contribution in [1.29, 1.82) is 0 Å². The highest BCUT2D eigenvalue weighted by Gasteiger charge is 2.24. The molecular weight excluding hydrogens is 463 g/mol. The number of fused-ring (bicyclic) bond motifs is 1. The van der Waals surface area contributed by atoms with E-state index >= 15 is 0 Å². The maximum atomic E-state index is 11.9. The number of hydrazine groups is 1. The Morgan fingerprint density at radius 3 is 2.68 bits per heavy atom. The molecule has 2 unspecified atom stereocenters. The topological polar surface area (TPSA) is 105 Å². The molecule has 2 atom stereocenters. The zero-order valence-corrected chi connectivity index (χ0v) is 22.0. The predicted molar refractivity (Wildman–Crippen MR) is 149 cm³/mol. The third-order valence-corrected chi connectivity index (χ3v) is 7.17. The monoisotopic (exact) mass is 498 g/mol. The van der Waals surface area contributed by atoms with E-state index in [1.165, 1.54) is 5.01 Å². The van der Waals surface area contributed by atoms with E-state index in [1.54, 1.807) is 7.05 Å². The summed E-state index contributed by atoms with van der Waals surface area (Å²) in [7, 11) is 7.70. The molecule has 2 radical (unpaired) electrons. The summed E-state index contributed by atoms with van der Waals surface area (Å²) in [6.45, 7) is 8.30. The zero-order chi connectivity index (χ0) is 26.9. The number of hydrogen-bond donors (Lipinski definition) is 3. The number of benzene rings is 3. The molecule has 5 N–H and O–H groups in total. The predicted octanol–water partition coefficient (Wildman–Crippen LogP) is 3.38. The fourth-order valence-electron chi connectivity index (χ4n) is 5.17. The van der Waals surface area contributed by atoms with Crippen LogP contribution in [0, 0.1) is 13.8 Å². The smallest absolute Gasteiger partial charge is 0.304 e. The van der Waals surface area contributed by atoms with Crippen LogP contribution in [0.1, 0.15) is 52.6 Å². The molecule has 3 aromatic carbocycles. The first-order chi connectivity index (χ1) is 17.5. The SMILES string of the molecule is [B]c1ccc2c(c1)OC(C)CN(Cc1cc(C(CC(=O)O)c3ccc(N(C)N)c(N)c3C)ccc1C)C2. The molecule has 0 saturated heterocycles. The molecule has 0 spiro atoms. The van der Waals surface area contributed by atoms with Gasteiger partial charge in [-0.3, -0.25) is 9.69 Å². The zero-order valence-electron chi connectivity index (χ0n) is 22.0. The number of carboxylic acid groups (broad SMARTS) is 1. The lowest BCUT2D eigenvalue weighted by molar-refractivity contribution is -0.137. The number of nitrogens with two attached hydrogens (primary N) is 2. The van der Waals surface area contributed by atoms with Crippen molar-refractivity contribution in [2.75, 3.05) is 24.3 Å². The Hall–Kier alpha value is -3.49. The van der Waals surface area contributed by atoms with Crippen LogP contribution in [0.3, 0.4) is 0 Å². The Morgan fingerprint density at radius 2 is 1.97 bits per heavy atom. The lowest BCUT2D eigenvalue weighted by Crippen LogP contribution is -2.30. The Balaban J connectivity index is 1.68. The summed E-state index contributed by atoms with van der Waals surface area (Å²) in [5.74, 6) is 5.56. The van der Waals surface area contributed by atoms with Crippen LogP contribution >= 0.6 is 0 Å². The Kier molecular flexibility index (Phi) is 7.80. The highest BCUT2D eigenvalue weighted by atomic mass is 16.5. The number of aliphatic carboxylic acids is 1. The van der Waals surface area contributed by atoms with Crippen molar-refractivity contribution in [3.63, 3.8) is 0 Å². The highest BCUT2D eigenvalue weighted by molar-refractivity contribution is 6.32. The van der Waals surface area contributed by atoms with Gasteiger partial charge in [-0.15, -0.1) is 0 Å². The van der Waals surface area contributed by atoms with Crippen LogP contribution in [-0.2, 0) is 17.9 Å². The number of hydrogen-bond acceptors (Lipinski definition) is 6. The second kappa shape index (κ2) is 10.9. The maximum absolute atomic E-state index is 11.9. The molecular formula is C29H35BN4O3. The number of anilines is 2. The molecule has 0 amide bonds. The van der Waals surface area contributed by atoms with Gasteiger partial charge in [-0.25, -0.2) is 5.84 Å². The van der Waals surface area contributed by atoms with Gasteiger partial charge in [-0.1, -0.05) is 41.9 Å². The van der Waals surface area contributed by atoms with Gasteiger partial charge in [0.05, 0.1) is 17.8 Å². The Morgan fingerprint density at radius 1 is 1.22 bits per heavy atom. The summed E-state index contributed by atoms with van der Waals surface area (Å²) in [5, 5.41) is 11.2. The fraction of sp³-hybridized carbons (Fsp3) is 0.345. The molecule has 1 aliphatic heterocycles. The molecule has 37 heavy (non-hydrogen) atoms. The molecule has 7 nitrogen and oxygen atoms in total. The first-order valence-electron chi connectivity index (χ1n) is 12.5. The number of nitrogens with zero attached hydrogens (tertiary/aromatic N) is 2. The van der Waals surface area contributed by atoms with Gasteiger partial charge in [0, 0.05) is 38.2 Å². The van der Waals surface area contributed by atoms with Gasteiger partial charge in [-0.05, 0) is 60.7 Å². The standard InChI is InChI=1S/C29H35BN4O3/c1-17-5-6-20(25(13-28(35)36)24-9-10-26(33(4)32)29(31)19(24)3)11-22(17)16-34-14-18(2)37-27-12-23(30)8-7-21(27)15-34/h5-12,18,25H,13-16,31-32H2,1-4H3,(H,35,36). The third kappa shape index (κ3) is 5.92. The molecule has 0 bridgehead atoms. The van der Waals surface area contributed by atoms with Crippen LogP contribution in [0.5, 0.6) is 5.75 Å². The number of nitrogen functional groups attached to an aromatic ring is 1. The van der Waals surface area contributed by atoms with Gasteiger partial charge in [0.25, 0.3) is 0 Å². The van der Waals surface area contributed by atoms with Gasteiger partial charge in [0.1, 0.15) is 19.7 Å². The molecule has 4 rings (SSSR count). The van der Waals surface area contributed by atoms with Crippen molar-refractivity contribution in [2.45, 2.75) is 52.3 Å². The van der Waals surface area contributed by atoms with E-state index in [4.69, 9.17) is 24.2 Å². The van der Waals surface area contributed by atoms with Crippen molar-refractivity contribution in [2.24, 2.45) is 5.84 Å². The normalized spacial score (nSPS) is 16.4. The van der Waals surface area contributed by atoms with Crippen molar-refractivity contribution >= 4 is 30.7 Å². The van der Waals surface area contributed by atoms with Crippen LogP contribution in [0.25, 0.3) is 0 Å². The number of carbonyl (C=O) groups is 1. The summed E-state index contributed by atoms with van der Waals surface area (Å²) < 4.78 is 6.14. The van der Waals surface area contributed by atoms with Gasteiger partial charge < -0.3 is 20.6 Å². The van der Waals surface area contributed by atoms with E-state index in [0.717, 1.165) is 58.8 Å². The highest BCUT2D eigenvalue weighted by Crippen LogP contribution is 2.37. The molecule has 0 aromatic heterocycles. The molecule has 1 aliphatic rings. The van der Waals surface area contributed by atoms with Crippen LogP contribution < -0.4 is 26.8 Å². The van der Waals surface area contributed by atoms with Crippen molar-refractivity contribution in [3.05, 3.63) is 81.9 Å². The average Bonchev–Trinajstić information content (AvgIpc) is 2.97. The summed E-state index contributed by atoms with van der Waals surface area (Å²) in [4.78, 5) is 14.3. The van der Waals surface area contributed by atoms with E-state index in [2.05, 4.69) is 30.9 Å². The molecule has 1 heterocycles. The largest absolute Gasteiger partial charge is 0.489 e. The molecule has 3 aromatic rings. The van der Waals surface area contributed by atoms with Crippen LogP contribution in [-0.4, -0.2) is 43.5 Å². The first kappa shape index (κ1) is 26.6. The average molecular weight is 498 g/mol. The Bertz CT molecular complexity index is 1310. The van der Waals surface area contributed by atoms with Gasteiger partial charge >= 0.3 is 5.97 Å². The molecule has 0 fully saturated rings. The van der Waals surface area contributed by atoms with E-state index in [-0.39, 0.29) is 18.4 Å².